The van der Waals surface area contributed by atoms with Gasteiger partial charge in [-0.15, -0.1) is 24.8 Å². The molecular weight excluding hydrogens is 351 g/mol. The van der Waals surface area contributed by atoms with E-state index >= 15 is 0 Å². The van der Waals surface area contributed by atoms with E-state index in [1.165, 1.54) is 0 Å². The number of carbonyl (C=O) groups excluding carboxylic acids is 1. The molecule has 1 saturated carbocycles. The van der Waals surface area contributed by atoms with E-state index in [0.29, 0.717) is 13.0 Å². The summed E-state index contributed by atoms with van der Waals surface area (Å²) in [4.78, 5) is 19.1. The summed E-state index contributed by atoms with van der Waals surface area (Å²) in [7, 11) is 3.65. The lowest BCUT2D eigenvalue weighted by atomic mass is 9.83. The van der Waals surface area contributed by atoms with Crippen molar-refractivity contribution in [1.82, 2.24) is 14.5 Å². The van der Waals surface area contributed by atoms with Crippen LogP contribution >= 0.6 is 24.8 Å². The Hall–Kier alpha value is -0.820. The van der Waals surface area contributed by atoms with Crippen molar-refractivity contribution in [2.75, 3.05) is 13.7 Å². The number of nitrogens with zero attached hydrogens (tertiary/aromatic N) is 3. The fourth-order valence-corrected chi connectivity index (χ4v) is 3.21. The molecule has 0 bridgehead atoms. The zero-order chi connectivity index (χ0) is 16.1. The van der Waals surface area contributed by atoms with Crippen LogP contribution in [0.1, 0.15) is 38.4 Å². The minimum absolute atomic E-state index is 0. The second kappa shape index (κ2) is 10.9. The van der Waals surface area contributed by atoms with Gasteiger partial charge in [0.15, 0.2) is 0 Å². The van der Waals surface area contributed by atoms with Gasteiger partial charge in [-0.1, -0.05) is 6.92 Å². The van der Waals surface area contributed by atoms with Crippen molar-refractivity contribution < 1.29 is 9.53 Å². The van der Waals surface area contributed by atoms with Crippen LogP contribution in [0.2, 0.25) is 0 Å². The number of aromatic nitrogens is 2. The molecular formula is C16H30Cl2N4O2. The van der Waals surface area contributed by atoms with Gasteiger partial charge in [-0.2, -0.15) is 0 Å². The van der Waals surface area contributed by atoms with E-state index in [1.807, 2.05) is 22.7 Å². The zero-order valence-electron chi connectivity index (χ0n) is 14.7. The van der Waals surface area contributed by atoms with Crippen molar-refractivity contribution in [1.29, 1.82) is 0 Å². The van der Waals surface area contributed by atoms with Gasteiger partial charge in [-0.25, -0.2) is 4.98 Å². The van der Waals surface area contributed by atoms with Gasteiger partial charge in [0.1, 0.15) is 5.82 Å². The summed E-state index contributed by atoms with van der Waals surface area (Å²) in [5, 5.41) is 0. The maximum Gasteiger partial charge on any atom is 0.226 e. The Morgan fingerprint density at radius 1 is 1.46 bits per heavy atom. The molecule has 1 aromatic heterocycles. The lowest BCUT2D eigenvalue weighted by Crippen LogP contribution is -2.46. The molecule has 1 aliphatic rings. The van der Waals surface area contributed by atoms with Gasteiger partial charge in [0.2, 0.25) is 5.91 Å². The molecule has 3 atom stereocenters. The van der Waals surface area contributed by atoms with Crippen molar-refractivity contribution in [3.05, 3.63) is 18.2 Å². The average molecular weight is 381 g/mol. The first-order chi connectivity index (χ1) is 10.6. The number of hydrogen-bond acceptors (Lipinski definition) is 4. The molecule has 1 fully saturated rings. The van der Waals surface area contributed by atoms with Crippen LogP contribution in [0.5, 0.6) is 0 Å². The molecule has 24 heavy (non-hydrogen) atoms. The molecule has 0 radical (unpaired) electrons. The number of hydrogen-bond donors (Lipinski definition) is 1. The third kappa shape index (κ3) is 5.62. The molecule has 8 heteroatoms. The van der Waals surface area contributed by atoms with Gasteiger partial charge in [0.05, 0.1) is 12.6 Å². The highest BCUT2D eigenvalue weighted by Gasteiger charge is 2.34. The fraction of sp³-hybridized carbons (Fsp3) is 0.750. The Bertz CT molecular complexity index is 498. The van der Waals surface area contributed by atoms with Crippen LogP contribution in [0, 0.1) is 5.92 Å². The molecule has 1 aromatic rings. The number of nitrogens with two attached hydrogens (primary N) is 1. The van der Waals surface area contributed by atoms with E-state index in [4.69, 9.17) is 10.5 Å². The van der Waals surface area contributed by atoms with E-state index in [0.717, 1.165) is 31.6 Å². The Labute approximate surface area is 156 Å². The van der Waals surface area contributed by atoms with Gasteiger partial charge < -0.3 is 19.9 Å². The van der Waals surface area contributed by atoms with Crippen molar-refractivity contribution >= 4 is 30.7 Å². The number of rotatable bonds is 6. The van der Waals surface area contributed by atoms with Gasteiger partial charge in [-0.3, -0.25) is 4.79 Å². The summed E-state index contributed by atoms with van der Waals surface area (Å²) in [5.41, 5.74) is 6.14. The van der Waals surface area contributed by atoms with E-state index in [1.54, 1.807) is 13.3 Å². The molecule has 0 saturated heterocycles. The largest absolute Gasteiger partial charge is 0.380 e. The quantitative estimate of drug-likeness (QED) is 0.820. The summed E-state index contributed by atoms with van der Waals surface area (Å²) >= 11 is 0. The molecule has 140 valence electrons. The van der Waals surface area contributed by atoms with Gasteiger partial charge in [0.25, 0.3) is 0 Å². The molecule has 2 N–H and O–H groups in total. The highest BCUT2D eigenvalue weighted by Crippen LogP contribution is 2.27. The van der Waals surface area contributed by atoms with E-state index in [-0.39, 0.29) is 48.8 Å². The standard InChI is InChI=1S/C16H28N4O2.2ClH/c1-4-8-20(11-15-18-7-9-19(15)2)16(21)12-5-6-14(22-3)13(17)10-12;;/h7,9,12-14H,4-6,8,10-11,17H2,1-3H3;2*1H/t12-,13+,14+;;/m0../s1. The van der Waals surface area contributed by atoms with Crippen LogP contribution in [0.25, 0.3) is 0 Å². The van der Waals surface area contributed by atoms with Crippen LogP contribution in [0.3, 0.4) is 0 Å². The fourth-order valence-electron chi connectivity index (χ4n) is 3.21. The molecule has 0 aliphatic heterocycles. The Morgan fingerprint density at radius 3 is 2.67 bits per heavy atom. The van der Waals surface area contributed by atoms with Gasteiger partial charge >= 0.3 is 0 Å². The molecule has 1 amide bonds. The maximum atomic E-state index is 12.9. The highest BCUT2D eigenvalue weighted by atomic mass is 35.5. The zero-order valence-corrected chi connectivity index (χ0v) is 16.3. The number of halogens is 2. The molecule has 0 unspecified atom stereocenters. The van der Waals surface area contributed by atoms with E-state index < -0.39 is 0 Å². The van der Waals surface area contributed by atoms with Crippen LogP contribution in [-0.4, -0.2) is 46.2 Å². The summed E-state index contributed by atoms with van der Waals surface area (Å²) in [6.07, 6.45) is 7.11. The second-order valence-electron chi connectivity index (χ2n) is 6.16. The SMILES string of the molecule is CCCN(Cc1nccn1C)C(=O)[C@H]1CC[C@@H](OC)[C@H](N)C1.Cl.Cl. The Morgan fingerprint density at radius 2 is 2.17 bits per heavy atom. The predicted octanol–water partition coefficient (Wildman–Crippen LogP) is 2.14. The van der Waals surface area contributed by atoms with Crippen molar-refractivity contribution in [3.63, 3.8) is 0 Å². The van der Waals surface area contributed by atoms with Crippen molar-refractivity contribution in [3.8, 4) is 0 Å². The lowest BCUT2D eigenvalue weighted by molar-refractivity contribution is -0.138. The smallest absolute Gasteiger partial charge is 0.226 e. The summed E-state index contributed by atoms with van der Waals surface area (Å²) < 4.78 is 7.34. The minimum atomic E-state index is -0.0515. The highest BCUT2D eigenvalue weighted by molar-refractivity contribution is 5.85. The monoisotopic (exact) mass is 380 g/mol. The normalized spacial score (nSPS) is 23.1. The third-order valence-electron chi connectivity index (χ3n) is 4.54. The van der Waals surface area contributed by atoms with Crippen LogP contribution in [0.4, 0.5) is 0 Å². The van der Waals surface area contributed by atoms with Crippen LogP contribution < -0.4 is 5.73 Å². The Kier molecular flexibility index (Phi) is 10.6. The van der Waals surface area contributed by atoms with Crippen molar-refractivity contribution in [2.45, 2.75) is 51.3 Å². The summed E-state index contributed by atoms with van der Waals surface area (Å²) in [6.45, 7) is 3.41. The van der Waals surface area contributed by atoms with E-state index in [9.17, 15) is 4.79 Å². The molecule has 0 spiro atoms. The third-order valence-corrected chi connectivity index (χ3v) is 4.54. The topological polar surface area (TPSA) is 73.4 Å². The van der Waals surface area contributed by atoms with Crippen LogP contribution in [0.15, 0.2) is 12.4 Å². The summed E-state index contributed by atoms with van der Waals surface area (Å²) in [6, 6.07) is -0.0515. The first-order valence-corrected chi connectivity index (χ1v) is 8.10. The second-order valence-corrected chi connectivity index (χ2v) is 6.16. The van der Waals surface area contributed by atoms with Gasteiger partial charge in [0, 0.05) is 45.1 Å². The molecule has 0 aromatic carbocycles. The minimum Gasteiger partial charge on any atom is -0.380 e. The average Bonchev–Trinajstić information content (AvgIpc) is 2.91. The number of ether oxygens (including phenoxy) is 1. The van der Waals surface area contributed by atoms with E-state index in [2.05, 4.69) is 11.9 Å². The maximum absolute atomic E-state index is 12.9. The lowest BCUT2D eigenvalue weighted by Gasteiger charge is -2.35. The Balaban J connectivity index is 0.00000264. The first kappa shape index (κ1) is 23.2. The molecule has 2 rings (SSSR count). The number of imidazole rings is 1. The number of aryl methyl sites for hydroxylation is 1. The number of methoxy groups -OCH3 is 1. The van der Waals surface area contributed by atoms with Crippen LogP contribution in [-0.2, 0) is 23.1 Å². The molecule has 6 nitrogen and oxygen atoms in total. The number of carbonyl (C=O) groups is 1. The summed E-state index contributed by atoms with van der Waals surface area (Å²) in [5.74, 6) is 1.12. The first-order valence-electron chi connectivity index (χ1n) is 8.10. The molecule has 1 aliphatic carbocycles. The predicted molar refractivity (Wildman–Crippen MR) is 99.5 cm³/mol. The van der Waals surface area contributed by atoms with Gasteiger partial charge in [-0.05, 0) is 25.7 Å². The molecule has 1 heterocycles. The van der Waals surface area contributed by atoms with Crippen molar-refractivity contribution in [2.24, 2.45) is 18.7 Å². The number of amides is 1.